The standard InChI is InChI=1S/C9H13BrO2/c1-8(11)4-2-5-9(12)6-3-7-10/h2,4H,3,5-7H2,1H3/b4-2+. The summed E-state index contributed by atoms with van der Waals surface area (Å²) in [5, 5.41) is 0.856. The Morgan fingerprint density at radius 1 is 1.42 bits per heavy atom. The number of rotatable bonds is 6. The average Bonchev–Trinajstić information content (AvgIpc) is 2.00. The van der Waals surface area contributed by atoms with Gasteiger partial charge in [0.25, 0.3) is 0 Å². The van der Waals surface area contributed by atoms with Gasteiger partial charge in [-0.15, -0.1) is 0 Å². The number of carbonyl (C=O) groups excluding carboxylic acids is 2. The van der Waals surface area contributed by atoms with E-state index in [9.17, 15) is 9.59 Å². The molecule has 0 aliphatic carbocycles. The number of hydrogen-bond donors (Lipinski definition) is 0. The van der Waals surface area contributed by atoms with Gasteiger partial charge in [0.1, 0.15) is 5.78 Å². The van der Waals surface area contributed by atoms with Crippen molar-refractivity contribution in [3.63, 3.8) is 0 Å². The molecule has 0 aliphatic rings. The second-order valence-corrected chi connectivity index (χ2v) is 3.34. The second-order valence-electron chi connectivity index (χ2n) is 2.55. The molecule has 0 aromatic rings. The Balaban J connectivity index is 3.50. The smallest absolute Gasteiger partial charge is 0.152 e. The first kappa shape index (κ1) is 11.6. The number of allylic oxidation sites excluding steroid dienone is 2. The maximum Gasteiger partial charge on any atom is 0.152 e. The van der Waals surface area contributed by atoms with E-state index in [0.29, 0.717) is 12.8 Å². The van der Waals surface area contributed by atoms with E-state index in [1.54, 1.807) is 6.08 Å². The van der Waals surface area contributed by atoms with Gasteiger partial charge in [-0.3, -0.25) is 9.59 Å². The molecule has 0 amide bonds. The molecular formula is C9H13BrO2. The predicted octanol–water partition coefficient (Wildman–Crippen LogP) is 2.27. The molecule has 0 saturated heterocycles. The first-order valence-electron chi connectivity index (χ1n) is 3.91. The molecule has 0 heterocycles. The highest BCUT2D eigenvalue weighted by molar-refractivity contribution is 9.09. The van der Waals surface area contributed by atoms with Crippen molar-refractivity contribution in [2.24, 2.45) is 0 Å². The zero-order valence-electron chi connectivity index (χ0n) is 7.18. The van der Waals surface area contributed by atoms with Crippen molar-refractivity contribution < 1.29 is 9.59 Å². The van der Waals surface area contributed by atoms with E-state index in [1.807, 2.05) is 0 Å². The topological polar surface area (TPSA) is 34.1 Å². The van der Waals surface area contributed by atoms with Gasteiger partial charge in [-0.25, -0.2) is 0 Å². The maximum absolute atomic E-state index is 11.0. The van der Waals surface area contributed by atoms with Crippen LogP contribution in [0.25, 0.3) is 0 Å². The van der Waals surface area contributed by atoms with Crippen molar-refractivity contribution in [2.45, 2.75) is 26.2 Å². The molecule has 68 valence electrons. The van der Waals surface area contributed by atoms with Crippen molar-refractivity contribution in [3.05, 3.63) is 12.2 Å². The van der Waals surface area contributed by atoms with Gasteiger partial charge in [-0.1, -0.05) is 22.0 Å². The van der Waals surface area contributed by atoms with Gasteiger partial charge in [0, 0.05) is 18.2 Å². The monoisotopic (exact) mass is 232 g/mol. The molecule has 0 aliphatic heterocycles. The molecule has 0 spiro atoms. The molecule has 0 fully saturated rings. The van der Waals surface area contributed by atoms with Gasteiger partial charge in [0.2, 0.25) is 0 Å². The molecule has 12 heavy (non-hydrogen) atoms. The van der Waals surface area contributed by atoms with Crippen LogP contribution in [0.1, 0.15) is 26.2 Å². The summed E-state index contributed by atoms with van der Waals surface area (Å²) >= 11 is 3.24. The molecule has 3 heteroatoms. The molecule has 0 atom stereocenters. The lowest BCUT2D eigenvalue weighted by Crippen LogP contribution is -1.95. The lowest BCUT2D eigenvalue weighted by molar-refractivity contribution is -0.118. The third-order valence-corrected chi connectivity index (χ3v) is 1.85. The van der Waals surface area contributed by atoms with Crippen LogP contribution in [-0.4, -0.2) is 16.9 Å². The summed E-state index contributed by atoms with van der Waals surface area (Å²) in [4.78, 5) is 21.4. The Kier molecular flexibility index (Phi) is 6.96. The number of hydrogen-bond acceptors (Lipinski definition) is 2. The minimum absolute atomic E-state index is 0.0108. The van der Waals surface area contributed by atoms with Gasteiger partial charge in [0.15, 0.2) is 5.78 Å². The van der Waals surface area contributed by atoms with Crippen LogP contribution in [0.2, 0.25) is 0 Å². The third-order valence-electron chi connectivity index (χ3n) is 1.29. The van der Waals surface area contributed by atoms with E-state index in [2.05, 4.69) is 15.9 Å². The first-order valence-corrected chi connectivity index (χ1v) is 5.03. The van der Waals surface area contributed by atoms with Gasteiger partial charge in [0.05, 0.1) is 0 Å². The van der Waals surface area contributed by atoms with Crippen molar-refractivity contribution in [1.29, 1.82) is 0 Å². The van der Waals surface area contributed by atoms with E-state index in [1.165, 1.54) is 13.0 Å². The van der Waals surface area contributed by atoms with Crippen molar-refractivity contribution in [3.8, 4) is 0 Å². The minimum atomic E-state index is -0.0108. The lowest BCUT2D eigenvalue weighted by atomic mass is 10.1. The van der Waals surface area contributed by atoms with Crippen LogP contribution in [0.3, 0.4) is 0 Å². The predicted molar refractivity (Wildman–Crippen MR) is 52.5 cm³/mol. The Labute approximate surface area is 81.2 Å². The largest absolute Gasteiger partial charge is 0.299 e. The van der Waals surface area contributed by atoms with E-state index >= 15 is 0 Å². The number of halogens is 1. The molecule has 0 bridgehead atoms. The summed E-state index contributed by atoms with van der Waals surface area (Å²) in [6, 6.07) is 0. The molecule has 0 aromatic heterocycles. The Morgan fingerprint density at radius 2 is 2.08 bits per heavy atom. The third kappa shape index (κ3) is 7.66. The fourth-order valence-electron chi connectivity index (χ4n) is 0.722. The van der Waals surface area contributed by atoms with Gasteiger partial charge in [-0.05, 0) is 19.4 Å². The molecule has 2 nitrogen and oxygen atoms in total. The number of alkyl halides is 1. The van der Waals surface area contributed by atoms with Crippen LogP contribution in [0.5, 0.6) is 0 Å². The maximum atomic E-state index is 11.0. The normalized spacial score (nSPS) is 10.5. The second kappa shape index (κ2) is 7.22. The minimum Gasteiger partial charge on any atom is -0.299 e. The number of Topliss-reactive ketones (excluding diaryl/α,β-unsaturated/α-hetero) is 1. The summed E-state index contributed by atoms with van der Waals surface area (Å²) in [6.45, 7) is 1.47. The van der Waals surface area contributed by atoms with Crippen molar-refractivity contribution in [2.75, 3.05) is 5.33 Å². The molecule has 0 N–H and O–H groups in total. The highest BCUT2D eigenvalue weighted by Gasteiger charge is 1.97. The molecule has 0 rings (SSSR count). The van der Waals surface area contributed by atoms with E-state index in [0.717, 1.165) is 11.8 Å². The van der Waals surface area contributed by atoms with Crippen LogP contribution in [0, 0.1) is 0 Å². The Hall–Kier alpha value is -0.440. The zero-order chi connectivity index (χ0) is 9.40. The molecule has 0 aromatic carbocycles. The quantitative estimate of drug-likeness (QED) is 0.521. The summed E-state index contributed by atoms with van der Waals surface area (Å²) in [7, 11) is 0. The van der Waals surface area contributed by atoms with Crippen molar-refractivity contribution in [1.82, 2.24) is 0 Å². The highest BCUT2D eigenvalue weighted by Crippen LogP contribution is 1.98. The van der Waals surface area contributed by atoms with E-state index in [-0.39, 0.29) is 11.6 Å². The first-order chi connectivity index (χ1) is 5.66. The molecule has 0 radical (unpaired) electrons. The van der Waals surface area contributed by atoms with Crippen LogP contribution in [0.4, 0.5) is 0 Å². The Morgan fingerprint density at radius 3 is 2.58 bits per heavy atom. The summed E-state index contributed by atoms with van der Waals surface area (Å²) in [5.41, 5.74) is 0. The van der Waals surface area contributed by atoms with Crippen LogP contribution in [-0.2, 0) is 9.59 Å². The zero-order valence-corrected chi connectivity index (χ0v) is 8.76. The van der Waals surface area contributed by atoms with Crippen LogP contribution in [0.15, 0.2) is 12.2 Å². The highest BCUT2D eigenvalue weighted by atomic mass is 79.9. The summed E-state index contributed by atoms with van der Waals surface area (Å²) < 4.78 is 0. The van der Waals surface area contributed by atoms with Crippen LogP contribution < -0.4 is 0 Å². The fourth-order valence-corrected chi connectivity index (χ4v) is 1.00. The Bertz CT molecular complexity index is 185. The molecule has 0 saturated carbocycles. The molecular weight excluding hydrogens is 220 g/mol. The van der Waals surface area contributed by atoms with Gasteiger partial charge in [-0.2, -0.15) is 0 Å². The van der Waals surface area contributed by atoms with E-state index in [4.69, 9.17) is 0 Å². The summed E-state index contributed by atoms with van der Waals surface area (Å²) in [5.74, 6) is 0.176. The average molecular weight is 233 g/mol. The summed E-state index contributed by atoms with van der Waals surface area (Å²) in [6.07, 6.45) is 4.90. The SMILES string of the molecule is CC(=O)/C=C/CC(=O)CCCBr. The van der Waals surface area contributed by atoms with Crippen LogP contribution >= 0.6 is 15.9 Å². The molecule has 0 unspecified atom stereocenters. The fraction of sp³-hybridized carbons (Fsp3) is 0.556. The lowest BCUT2D eigenvalue weighted by Gasteiger charge is -1.92. The van der Waals surface area contributed by atoms with Gasteiger partial charge < -0.3 is 0 Å². The number of carbonyl (C=O) groups is 2. The number of ketones is 2. The van der Waals surface area contributed by atoms with E-state index < -0.39 is 0 Å². The van der Waals surface area contributed by atoms with Crippen molar-refractivity contribution >= 4 is 27.5 Å². The van der Waals surface area contributed by atoms with Gasteiger partial charge >= 0.3 is 0 Å².